The first-order valence-electron chi connectivity index (χ1n) is 2.28. The van der Waals surface area contributed by atoms with Gasteiger partial charge in [-0.05, 0) is 0 Å². The van der Waals surface area contributed by atoms with E-state index >= 15 is 0 Å². The molecule has 10 N–H and O–H groups in total. The van der Waals surface area contributed by atoms with Crippen molar-refractivity contribution in [3.63, 3.8) is 0 Å². The average molecular weight is 192 g/mol. The number of hydrogen-bond donors (Lipinski definition) is 6. The molecule has 0 atom stereocenters. The summed E-state index contributed by atoms with van der Waals surface area (Å²) < 4.78 is 19.6. The summed E-state index contributed by atoms with van der Waals surface area (Å²) in [4.78, 5) is 8.56. The summed E-state index contributed by atoms with van der Waals surface area (Å²) in [7, 11) is 0. The summed E-state index contributed by atoms with van der Waals surface area (Å²) in [5.74, 6) is 0. The van der Waals surface area contributed by atoms with Crippen LogP contribution in [0.1, 0.15) is 0 Å². The van der Waals surface area contributed by atoms with Crippen molar-refractivity contribution in [1.82, 2.24) is 0 Å². The monoisotopic (exact) mass is 190 g/mol. The molecule has 8 heteroatoms. The van der Waals surface area contributed by atoms with E-state index in [1.807, 2.05) is 0 Å². The van der Waals surface area contributed by atoms with Crippen molar-refractivity contribution >= 4 is 6.16 Å². The molecule has 0 aliphatic heterocycles. The van der Waals surface area contributed by atoms with Gasteiger partial charge in [0.15, 0.2) is 0 Å². The fourth-order valence-electron chi connectivity index (χ4n) is 0. The molecule has 7 nitrogen and oxygen atoms in total. The summed E-state index contributed by atoms with van der Waals surface area (Å²) >= 11 is -3.25. The van der Waals surface area contributed by atoms with E-state index in [1.54, 1.807) is 0 Å². The Labute approximate surface area is 55.5 Å². The van der Waals surface area contributed by atoms with Gasteiger partial charge in [0.1, 0.15) is 0 Å². The fourth-order valence-corrected chi connectivity index (χ4v) is 0. The molecule has 0 aromatic heterocycles. The van der Waals surface area contributed by atoms with E-state index in [1.165, 1.54) is 0 Å². The van der Waals surface area contributed by atoms with Crippen LogP contribution >= 0.6 is 0 Å². The van der Waals surface area contributed by atoms with Crippen molar-refractivity contribution in [3.05, 3.63) is 0 Å². The Bertz CT molecular complexity index is 78.3. The Morgan fingerprint density at radius 3 is 1.11 bits per heavy atom. The van der Waals surface area contributed by atoms with Gasteiger partial charge in [-0.25, -0.2) is 4.79 Å². The van der Waals surface area contributed by atoms with E-state index in [2.05, 4.69) is 0 Å². The van der Waals surface area contributed by atoms with Gasteiger partial charge in [-0.2, -0.15) is 0 Å². The molecule has 54 valence electrons. The van der Waals surface area contributed by atoms with Crippen molar-refractivity contribution < 1.29 is 30.7 Å². The quantitative estimate of drug-likeness (QED) is 0.238. The Hall–Kier alpha value is -0.267. The molecule has 0 aromatic rings. The molecule has 0 amide bonds. The third kappa shape index (κ3) is 3580. The number of rotatable bonds is 0. The van der Waals surface area contributed by atoms with Gasteiger partial charge >= 0.3 is 39.8 Å². The van der Waals surface area contributed by atoms with E-state index in [0.29, 0.717) is 0 Å². The molecule has 0 aliphatic carbocycles. The summed E-state index contributed by atoms with van der Waals surface area (Å²) in [6.45, 7) is 0. The maximum absolute atomic E-state index is 8.56. The summed E-state index contributed by atoms with van der Waals surface area (Å²) in [5, 5.41) is 13.9. The molecule has 0 fully saturated rings. The van der Waals surface area contributed by atoms with Gasteiger partial charge in [-0.3, -0.25) is 0 Å². The molecule has 0 spiro atoms. The van der Waals surface area contributed by atoms with Crippen LogP contribution in [0.15, 0.2) is 0 Å². The van der Waals surface area contributed by atoms with E-state index in [-0.39, 0.29) is 0 Å². The number of nitrogens with two attached hydrogens (primary N) is 4. The summed E-state index contributed by atoms with van der Waals surface area (Å²) in [6, 6.07) is 0. The van der Waals surface area contributed by atoms with Crippen molar-refractivity contribution in [2.75, 3.05) is 0 Å². The van der Waals surface area contributed by atoms with Crippen molar-refractivity contribution in [1.29, 1.82) is 0 Å². The van der Waals surface area contributed by atoms with Crippen LogP contribution in [-0.4, -0.2) is 16.4 Å². The van der Waals surface area contributed by atoms with Crippen LogP contribution in [0.2, 0.25) is 0 Å². The first kappa shape index (κ1) is 11.5. The number of carbonyl (C=O) groups is 1. The van der Waals surface area contributed by atoms with Crippen LogP contribution in [0.25, 0.3) is 0 Å². The van der Waals surface area contributed by atoms with Gasteiger partial charge in [-0.15, -0.1) is 0 Å². The molecular weight excluding hydrogens is 181 g/mol. The van der Waals surface area contributed by atoms with Gasteiger partial charge in [0.05, 0.1) is 0 Å². The van der Waals surface area contributed by atoms with E-state index in [0.717, 1.165) is 0 Å². The summed E-state index contributed by atoms with van der Waals surface area (Å²) in [5.41, 5.74) is 0. The van der Waals surface area contributed by atoms with Crippen molar-refractivity contribution in [2.24, 2.45) is 17.9 Å². The zero-order chi connectivity index (χ0) is 8.08. The van der Waals surface area contributed by atoms with Crippen LogP contribution in [0.3, 0.4) is 0 Å². The molecule has 0 bridgehead atoms. The summed E-state index contributed by atoms with van der Waals surface area (Å²) in [6.07, 6.45) is -1.83. The van der Waals surface area contributed by atoms with Crippen LogP contribution < -0.4 is 17.9 Å². The minimum atomic E-state index is -3.25. The van der Waals surface area contributed by atoms with Gasteiger partial charge < -0.3 is 10.2 Å². The van der Waals surface area contributed by atoms with Crippen LogP contribution in [0, 0.1) is 0 Å². The van der Waals surface area contributed by atoms with Crippen LogP contribution in [-0.2, 0) is 15.7 Å². The SMILES string of the molecule is O=C(O)O.[NH2][Zn]([NH2])([NH2])[NH2]. The normalized spacial score (nSPS) is 7.56. The molecule has 0 aliphatic rings. The Morgan fingerprint density at radius 1 is 1.11 bits per heavy atom. The van der Waals surface area contributed by atoms with Crippen LogP contribution in [0.5, 0.6) is 0 Å². The second-order valence-electron chi connectivity index (χ2n) is 1.70. The van der Waals surface area contributed by atoms with Gasteiger partial charge in [0, 0.05) is 0 Å². The standard InChI is InChI=1S/CH2O3.4H2N.Zn/c2-1(3)4;;;;;/h(H2,2,3,4);4*1H2;/q;4*-1;+4. The third-order valence-electron chi connectivity index (χ3n) is 0. The zero-order valence-electron chi connectivity index (χ0n) is 4.82. The first-order valence-corrected chi connectivity index (χ1v) is 9.14. The van der Waals surface area contributed by atoms with Crippen molar-refractivity contribution in [2.45, 2.75) is 0 Å². The average Bonchev–Trinajstić information content (AvgIpc) is 1.19. The Balaban J connectivity index is 0. The Morgan fingerprint density at radius 2 is 1.11 bits per heavy atom. The topological polar surface area (TPSA) is 162 Å². The molecule has 0 heterocycles. The third-order valence-corrected chi connectivity index (χ3v) is 0. The predicted molar refractivity (Wildman–Crippen MR) is 27.4 cm³/mol. The second kappa shape index (κ2) is 4.60. The van der Waals surface area contributed by atoms with E-state index in [9.17, 15) is 0 Å². The molecule has 0 aromatic carbocycles. The molecular formula is CH10N4O3Zn. The predicted octanol–water partition coefficient (Wildman–Crippen LogP) is -2.14. The zero-order valence-corrected chi connectivity index (χ0v) is 7.79. The fraction of sp³-hybridized carbons (Fsp3) is 0. The first-order chi connectivity index (χ1) is 3.73. The van der Waals surface area contributed by atoms with E-state index < -0.39 is 21.9 Å². The van der Waals surface area contributed by atoms with E-state index in [4.69, 9.17) is 32.9 Å². The van der Waals surface area contributed by atoms with Gasteiger partial charge in [-0.1, -0.05) is 0 Å². The van der Waals surface area contributed by atoms with Gasteiger partial charge in [0.25, 0.3) is 0 Å². The molecule has 0 unspecified atom stereocenters. The molecule has 0 saturated heterocycles. The van der Waals surface area contributed by atoms with Crippen molar-refractivity contribution in [3.8, 4) is 0 Å². The minimum absolute atomic E-state index is 1.83. The molecule has 0 rings (SSSR count). The molecule has 0 saturated carbocycles. The Kier molecular flexibility index (Phi) is 5.88. The number of hydrogen-bond acceptors (Lipinski definition) is 5. The van der Waals surface area contributed by atoms with Gasteiger partial charge in [0.2, 0.25) is 0 Å². The molecule has 0 radical (unpaired) electrons. The van der Waals surface area contributed by atoms with Crippen LogP contribution in [0.4, 0.5) is 4.79 Å². The number of carboxylic acid groups (broad SMARTS) is 2. The molecule has 9 heavy (non-hydrogen) atoms. The second-order valence-corrected chi connectivity index (χ2v) is 7.63. The maximum atomic E-state index is 8.56.